The van der Waals surface area contributed by atoms with Crippen LogP contribution in [-0.2, 0) is 13.2 Å². The standard InChI is InChI=1S/C24H29F2N7O/c1-15(8-22(29)33-16(2)24(25)26)32-23-9-21(20(13-31-23)19(11-28)12-30-3)34-14-18-7-5-4-6-17(18)10-27/h4-9,11-13,24H,1,10,14,27-29H2,2-3H3,(H,31,32)/b19-11+,22-8-,30-12?,33-16+. The van der Waals surface area contributed by atoms with E-state index in [0.717, 1.165) is 11.1 Å². The van der Waals surface area contributed by atoms with E-state index in [1.807, 2.05) is 24.3 Å². The van der Waals surface area contributed by atoms with E-state index in [9.17, 15) is 8.78 Å². The summed E-state index contributed by atoms with van der Waals surface area (Å²) >= 11 is 0. The third-order valence-electron chi connectivity index (χ3n) is 4.58. The van der Waals surface area contributed by atoms with Gasteiger partial charge in [0.15, 0.2) is 0 Å². The molecule has 0 spiro atoms. The molecular formula is C24H29F2N7O. The Balaban J connectivity index is 2.33. The molecule has 0 aliphatic rings. The molecule has 2 aromatic rings. The van der Waals surface area contributed by atoms with Crippen molar-refractivity contribution in [2.45, 2.75) is 26.5 Å². The average Bonchev–Trinajstić information content (AvgIpc) is 2.81. The molecule has 0 saturated heterocycles. The van der Waals surface area contributed by atoms with Crippen LogP contribution in [0.15, 0.2) is 76.9 Å². The fraction of sp³-hybridized carbons (Fsp3) is 0.208. The molecule has 1 heterocycles. The van der Waals surface area contributed by atoms with Crippen molar-refractivity contribution in [2.24, 2.45) is 27.2 Å². The Morgan fingerprint density at radius 3 is 2.62 bits per heavy atom. The number of alkyl halides is 2. The third-order valence-corrected chi connectivity index (χ3v) is 4.58. The number of ether oxygens (including phenoxy) is 1. The fourth-order valence-electron chi connectivity index (χ4n) is 2.90. The number of hydrogen-bond donors (Lipinski definition) is 4. The lowest BCUT2D eigenvalue weighted by atomic mass is 10.1. The summed E-state index contributed by atoms with van der Waals surface area (Å²) in [6.45, 7) is 5.66. The van der Waals surface area contributed by atoms with Gasteiger partial charge in [0.25, 0.3) is 6.43 Å². The van der Waals surface area contributed by atoms with Gasteiger partial charge in [-0.3, -0.25) is 4.99 Å². The van der Waals surface area contributed by atoms with Crippen molar-refractivity contribution < 1.29 is 13.5 Å². The normalized spacial score (nSPS) is 12.9. The molecule has 2 rings (SSSR count). The number of aliphatic imine (C=N–C) groups is 2. The van der Waals surface area contributed by atoms with E-state index in [2.05, 4.69) is 26.9 Å². The summed E-state index contributed by atoms with van der Waals surface area (Å²) < 4.78 is 31.4. The van der Waals surface area contributed by atoms with Crippen LogP contribution in [0.1, 0.15) is 23.6 Å². The molecule has 0 atom stereocenters. The number of nitrogens with one attached hydrogen (secondary N) is 1. The molecule has 180 valence electrons. The van der Waals surface area contributed by atoms with Gasteiger partial charge in [-0.25, -0.2) is 18.8 Å². The molecule has 1 aromatic heterocycles. The van der Waals surface area contributed by atoms with Crippen LogP contribution in [0.4, 0.5) is 14.6 Å². The summed E-state index contributed by atoms with van der Waals surface area (Å²) in [6.07, 6.45) is 3.21. The molecule has 10 heteroatoms. The first kappa shape index (κ1) is 26.2. The number of halogens is 2. The quantitative estimate of drug-likeness (QED) is 0.293. The highest BCUT2D eigenvalue weighted by Crippen LogP contribution is 2.28. The van der Waals surface area contributed by atoms with Gasteiger partial charge in [-0.15, -0.1) is 0 Å². The smallest absolute Gasteiger partial charge is 0.276 e. The Kier molecular flexibility index (Phi) is 9.90. The molecule has 7 N–H and O–H groups in total. The zero-order valence-electron chi connectivity index (χ0n) is 19.1. The second-order valence-corrected chi connectivity index (χ2v) is 7.11. The van der Waals surface area contributed by atoms with Crippen LogP contribution in [0.3, 0.4) is 0 Å². The van der Waals surface area contributed by atoms with E-state index in [-0.39, 0.29) is 12.4 Å². The highest BCUT2D eigenvalue weighted by molar-refractivity contribution is 6.10. The van der Waals surface area contributed by atoms with Crippen LogP contribution in [0, 0.1) is 0 Å². The first-order valence-electron chi connectivity index (χ1n) is 10.3. The molecule has 8 nitrogen and oxygen atoms in total. The van der Waals surface area contributed by atoms with Gasteiger partial charge in [-0.2, -0.15) is 0 Å². The van der Waals surface area contributed by atoms with Gasteiger partial charge in [0.1, 0.15) is 24.0 Å². The molecule has 0 amide bonds. The van der Waals surface area contributed by atoms with Crippen LogP contribution in [0.5, 0.6) is 5.75 Å². The predicted molar refractivity (Wildman–Crippen MR) is 134 cm³/mol. The Labute approximate surface area is 197 Å². The number of pyridine rings is 1. The molecule has 0 saturated carbocycles. The van der Waals surface area contributed by atoms with Crippen molar-refractivity contribution in [3.63, 3.8) is 0 Å². The number of hydrogen-bond acceptors (Lipinski definition) is 8. The van der Waals surface area contributed by atoms with Crippen LogP contribution < -0.4 is 27.3 Å². The van der Waals surface area contributed by atoms with Crippen LogP contribution in [0.25, 0.3) is 5.57 Å². The van der Waals surface area contributed by atoms with Gasteiger partial charge in [-0.05, 0) is 18.1 Å². The fourth-order valence-corrected chi connectivity index (χ4v) is 2.90. The highest BCUT2D eigenvalue weighted by Gasteiger charge is 2.12. The Bertz CT molecular complexity index is 1120. The topological polar surface area (TPSA) is 137 Å². The zero-order valence-corrected chi connectivity index (χ0v) is 19.1. The van der Waals surface area contributed by atoms with E-state index in [0.29, 0.717) is 34.9 Å². The second kappa shape index (κ2) is 12.9. The Hall–Kier alpha value is -4.05. The van der Waals surface area contributed by atoms with Crippen LogP contribution in [-0.4, -0.2) is 30.4 Å². The first-order chi connectivity index (χ1) is 16.3. The van der Waals surface area contributed by atoms with Gasteiger partial charge in [0.2, 0.25) is 0 Å². The summed E-state index contributed by atoms with van der Waals surface area (Å²) in [4.78, 5) is 12.0. The summed E-state index contributed by atoms with van der Waals surface area (Å²) in [5, 5.41) is 2.95. The molecule has 34 heavy (non-hydrogen) atoms. The third kappa shape index (κ3) is 7.52. The summed E-state index contributed by atoms with van der Waals surface area (Å²) in [6, 6.07) is 9.36. The minimum atomic E-state index is -2.69. The number of aromatic nitrogens is 1. The van der Waals surface area contributed by atoms with Gasteiger partial charge in [-0.1, -0.05) is 30.8 Å². The zero-order chi connectivity index (χ0) is 25.1. The molecule has 0 aliphatic carbocycles. The van der Waals surface area contributed by atoms with E-state index >= 15 is 0 Å². The lowest BCUT2D eigenvalue weighted by molar-refractivity contribution is 0.225. The summed E-state index contributed by atoms with van der Waals surface area (Å²) in [5.41, 5.74) is 20.4. The molecule has 0 bridgehead atoms. The second-order valence-electron chi connectivity index (χ2n) is 7.11. The van der Waals surface area contributed by atoms with E-state index in [1.165, 1.54) is 19.2 Å². The van der Waals surface area contributed by atoms with Crippen molar-refractivity contribution in [1.82, 2.24) is 4.98 Å². The molecule has 0 radical (unpaired) electrons. The largest absolute Gasteiger partial charge is 0.488 e. The Morgan fingerprint density at radius 1 is 1.29 bits per heavy atom. The number of nitrogens with two attached hydrogens (primary N) is 3. The van der Waals surface area contributed by atoms with Crippen molar-refractivity contribution in [1.29, 1.82) is 0 Å². The minimum absolute atomic E-state index is 0.116. The predicted octanol–water partition coefficient (Wildman–Crippen LogP) is 3.57. The number of allylic oxidation sites excluding steroid dienone is 2. The highest BCUT2D eigenvalue weighted by atomic mass is 19.3. The SMILES string of the molecule is C=C(/C=C(N)\N=C(/C)C(F)F)Nc1cc(OCc2ccccc2CN)c(/C(C=NC)=C/N)cn1. The minimum Gasteiger partial charge on any atom is -0.488 e. The van der Waals surface area contributed by atoms with Crippen molar-refractivity contribution in [2.75, 3.05) is 12.4 Å². The maximum Gasteiger partial charge on any atom is 0.276 e. The van der Waals surface area contributed by atoms with Gasteiger partial charge < -0.3 is 27.3 Å². The number of rotatable bonds is 11. The van der Waals surface area contributed by atoms with Crippen molar-refractivity contribution >= 4 is 23.3 Å². The summed E-state index contributed by atoms with van der Waals surface area (Å²) in [5.74, 6) is 0.755. The average molecular weight is 470 g/mol. The van der Waals surface area contributed by atoms with E-state index < -0.39 is 12.1 Å². The van der Waals surface area contributed by atoms with Gasteiger partial charge >= 0.3 is 0 Å². The van der Waals surface area contributed by atoms with Crippen molar-refractivity contribution in [3.8, 4) is 5.75 Å². The van der Waals surface area contributed by atoms with Gasteiger partial charge in [0, 0.05) is 61.2 Å². The maximum atomic E-state index is 12.6. The molecule has 0 aliphatic heterocycles. The monoisotopic (exact) mass is 469 g/mol. The van der Waals surface area contributed by atoms with Crippen LogP contribution >= 0.6 is 0 Å². The lowest BCUT2D eigenvalue weighted by Crippen LogP contribution is -2.09. The number of anilines is 1. The van der Waals surface area contributed by atoms with Gasteiger partial charge in [0.05, 0.1) is 5.71 Å². The first-order valence-corrected chi connectivity index (χ1v) is 10.3. The van der Waals surface area contributed by atoms with Crippen LogP contribution in [0.2, 0.25) is 0 Å². The molecular weight excluding hydrogens is 440 g/mol. The lowest BCUT2D eigenvalue weighted by Gasteiger charge is -2.15. The molecule has 1 aromatic carbocycles. The summed E-state index contributed by atoms with van der Waals surface area (Å²) in [7, 11) is 1.63. The van der Waals surface area contributed by atoms with Crippen molar-refractivity contribution in [3.05, 3.63) is 83.6 Å². The Morgan fingerprint density at radius 2 is 2.00 bits per heavy atom. The number of nitrogens with zero attached hydrogens (tertiary/aromatic N) is 3. The molecule has 0 unspecified atom stereocenters. The van der Waals surface area contributed by atoms with E-state index in [1.54, 1.807) is 25.5 Å². The molecule has 0 fully saturated rings. The van der Waals surface area contributed by atoms with E-state index in [4.69, 9.17) is 21.9 Å². The number of benzene rings is 1. The maximum absolute atomic E-state index is 12.6.